The monoisotopic (exact) mass is 264 g/mol. The third-order valence-corrected chi connectivity index (χ3v) is 3.56. The van der Waals surface area contributed by atoms with Crippen molar-refractivity contribution in [3.05, 3.63) is 28.8 Å². The summed E-state index contributed by atoms with van der Waals surface area (Å²) in [5.74, 6) is 1.01. The largest absolute Gasteiger partial charge is 0.496 e. The highest BCUT2D eigenvalue weighted by atomic mass is 16.5. The molecule has 3 nitrogen and oxygen atoms in total. The van der Waals surface area contributed by atoms with E-state index in [2.05, 4.69) is 50.5 Å². The van der Waals surface area contributed by atoms with E-state index in [1.165, 1.54) is 16.7 Å². The lowest BCUT2D eigenvalue weighted by atomic mass is 10.0. The molecule has 0 fully saturated rings. The SMILES string of the molecule is CNC(C)(C)CNCCc1cc(C)c(OC)c(C)c1. The van der Waals surface area contributed by atoms with Gasteiger partial charge in [0.05, 0.1) is 7.11 Å². The highest BCUT2D eigenvalue weighted by Gasteiger charge is 2.13. The van der Waals surface area contributed by atoms with E-state index in [-0.39, 0.29) is 5.54 Å². The molecule has 0 atom stereocenters. The minimum atomic E-state index is 0.145. The predicted octanol–water partition coefficient (Wildman–Crippen LogP) is 2.44. The van der Waals surface area contributed by atoms with Crippen molar-refractivity contribution < 1.29 is 4.74 Å². The minimum Gasteiger partial charge on any atom is -0.496 e. The Morgan fingerprint density at radius 3 is 2.21 bits per heavy atom. The lowest BCUT2D eigenvalue weighted by Crippen LogP contribution is -2.46. The third kappa shape index (κ3) is 4.84. The molecule has 1 aromatic rings. The number of nitrogens with one attached hydrogen (secondary N) is 2. The van der Waals surface area contributed by atoms with Gasteiger partial charge in [0.25, 0.3) is 0 Å². The first-order chi connectivity index (χ1) is 8.89. The Morgan fingerprint density at radius 1 is 1.16 bits per heavy atom. The fraction of sp³-hybridized carbons (Fsp3) is 0.625. The van der Waals surface area contributed by atoms with Gasteiger partial charge in [-0.1, -0.05) is 12.1 Å². The Labute approximate surface area is 117 Å². The maximum Gasteiger partial charge on any atom is 0.124 e. The fourth-order valence-corrected chi connectivity index (χ4v) is 2.23. The van der Waals surface area contributed by atoms with E-state index in [0.29, 0.717) is 0 Å². The van der Waals surface area contributed by atoms with Crippen LogP contribution in [-0.2, 0) is 6.42 Å². The van der Waals surface area contributed by atoms with Crippen molar-refractivity contribution in [1.29, 1.82) is 0 Å². The van der Waals surface area contributed by atoms with Crippen LogP contribution in [0.2, 0.25) is 0 Å². The summed E-state index contributed by atoms with van der Waals surface area (Å²) in [6.07, 6.45) is 1.05. The highest BCUT2D eigenvalue weighted by Crippen LogP contribution is 2.24. The number of benzene rings is 1. The summed E-state index contributed by atoms with van der Waals surface area (Å²) in [4.78, 5) is 0. The van der Waals surface area contributed by atoms with Gasteiger partial charge in [-0.3, -0.25) is 0 Å². The van der Waals surface area contributed by atoms with Gasteiger partial charge in [-0.15, -0.1) is 0 Å². The summed E-state index contributed by atoms with van der Waals surface area (Å²) < 4.78 is 5.39. The molecule has 3 heteroatoms. The zero-order valence-corrected chi connectivity index (χ0v) is 13.2. The summed E-state index contributed by atoms with van der Waals surface area (Å²) in [7, 11) is 3.73. The second kappa shape index (κ2) is 6.92. The Balaban J connectivity index is 2.51. The smallest absolute Gasteiger partial charge is 0.124 e. The first-order valence-corrected chi connectivity index (χ1v) is 6.93. The summed E-state index contributed by atoms with van der Waals surface area (Å²) in [5.41, 5.74) is 3.94. The molecule has 0 bridgehead atoms. The van der Waals surface area contributed by atoms with E-state index < -0.39 is 0 Å². The number of ether oxygens (including phenoxy) is 1. The van der Waals surface area contributed by atoms with Gasteiger partial charge in [-0.25, -0.2) is 0 Å². The van der Waals surface area contributed by atoms with Crippen LogP contribution in [-0.4, -0.2) is 32.8 Å². The number of methoxy groups -OCH3 is 1. The Bertz CT molecular complexity index is 390. The molecule has 1 rings (SSSR count). The van der Waals surface area contributed by atoms with E-state index in [9.17, 15) is 0 Å². The molecule has 0 aliphatic rings. The van der Waals surface area contributed by atoms with Crippen molar-refractivity contribution in [1.82, 2.24) is 10.6 Å². The van der Waals surface area contributed by atoms with Crippen molar-refractivity contribution in [2.45, 2.75) is 39.7 Å². The molecule has 0 aromatic heterocycles. The molecule has 0 unspecified atom stereocenters. The number of rotatable bonds is 7. The standard InChI is InChI=1S/C16H28N2O/c1-12-9-14(10-13(2)15(12)19-6)7-8-18-11-16(3,4)17-5/h9-10,17-18H,7-8,11H2,1-6H3. The van der Waals surface area contributed by atoms with Gasteiger partial charge in [0, 0.05) is 12.1 Å². The second-order valence-corrected chi connectivity index (χ2v) is 5.82. The molecule has 19 heavy (non-hydrogen) atoms. The first-order valence-electron chi connectivity index (χ1n) is 6.93. The van der Waals surface area contributed by atoms with Gasteiger partial charge >= 0.3 is 0 Å². The summed E-state index contributed by atoms with van der Waals surface area (Å²) in [5, 5.41) is 6.79. The Kier molecular flexibility index (Phi) is 5.83. The van der Waals surface area contributed by atoms with Crippen LogP contribution in [0.15, 0.2) is 12.1 Å². The molecule has 0 saturated carbocycles. The Morgan fingerprint density at radius 2 is 1.74 bits per heavy atom. The van der Waals surface area contributed by atoms with E-state index in [0.717, 1.165) is 25.3 Å². The van der Waals surface area contributed by atoms with Gasteiger partial charge < -0.3 is 15.4 Å². The summed E-state index contributed by atoms with van der Waals surface area (Å²) in [6, 6.07) is 4.44. The van der Waals surface area contributed by atoms with Crippen LogP contribution < -0.4 is 15.4 Å². The van der Waals surface area contributed by atoms with Crippen LogP contribution in [0.25, 0.3) is 0 Å². The maximum absolute atomic E-state index is 5.39. The molecule has 108 valence electrons. The van der Waals surface area contributed by atoms with E-state index >= 15 is 0 Å². The molecule has 1 aromatic carbocycles. The average Bonchev–Trinajstić information content (AvgIpc) is 2.34. The van der Waals surface area contributed by atoms with Crippen molar-refractivity contribution in [3.8, 4) is 5.75 Å². The number of aryl methyl sites for hydroxylation is 2. The van der Waals surface area contributed by atoms with Crippen molar-refractivity contribution in [2.24, 2.45) is 0 Å². The first kappa shape index (κ1) is 16.0. The molecule has 0 amide bonds. The maximum atomic E-state index is 5.39. The average molecular weight is 264 g/mol. The van der Waals surface area contributed by atoms with Crippen LogP contribution in [0.1, 0.15) is 30.5 Å². The summed E-state index contributed by atoms with van der Waals surface area (Å²) in [6.45, 7) is 10.6. The van der Waals surface area contributed by atoms with Crippen LogP contribution in [0.4, 0.5) is 0 Å². The van der Waals surface area contributed by atoms with E-state index in [4.69, 9.17) is 4.74 Å². The lowest BCUT2D eigenvalue weighted by Gasteiger charge is -2.24. The topological polar surface area (TPSA) is 33.3 Å². The van der Waals surface area contributed by atoms with Gasteiger partial charge in [-0.05, 0) is 64.4 Å². The number of hydrogen-bond donors (Lipinski definition) is 2. The van der Waals surface area contributed by atoms with Crippen LogP contribution in [0, 0.1) is 13.8 Å². The van der Waals surface area contributed by atoms with Crippen LogP contribution in [0.3, 0.4) is 0 Å². The van der Waals surface area contributed by atoms with E-state index in [1.54, 1.807) is 7.11 Å². The second-order valence-electron chi connectivity index (χ2n) is 5.82. The minimum absolute atomic E-state index is 0.145. The van der Waals surface area contributed by atoms with Crippen molar-refractivity contribution >= 4 is 0 Å². The zero-order valence-electron chi connectivity index (χ0n) is 13.2. The van der Waals surface area contributed by atoms with Gasteiger partial charge in [0.15, 0.2) is 0 Å². The zero-order chi connectivity index (χ0) is 14.5. The van der Waals surface area contributed by atoms with Crippen LogP contribution in [0.5, 0.6) is 5.75 Å². The number of likely N-dealkylation sites (N-methyl/N-ethyl adjacent to an activating group) is 1. The molecule has 0 heterocycles. The van der Waals surface area contributed by atoms with Gasteiger partial charge in [0.1, 0.15) is 5.75 Å². The quantitative estimate of drug-likeness (QED) is 0.742. The molecular weight excluding hydrogens is 236 g/mol. The highest BCUT2D eigenvalue weighted by molar-refractivity contribution is 5.43. The number of hydrogen-bond acceptors (Lipinski definition) is 3. The molecular formula is C16H28N2O. The van der Waals surface area contributed by atoms with E-state index in [1.807, 2.05) is 7.05 Å². The van der Waals surface area contributed by atoms with Gasteiger partial charge in [-0.2, -0.15) is 0 Å². The van der Waals surface area contributed by atoms with Crippen molar-refractivity contribution in [2.75, 3.05) is 27.2 Å². The molecule has 0 spiro atoms. The molecule has 0 radical (unpaired) electrons. The molecule has 2 N–H and O–H groups in total. The normalized spacial score (nSPS) is 11.7. The predicted molar refractivity (Wildman–Crippen MR) is 82.2 cm³/mol. The fourth-order valence-electron chi connectivity index (χ4n) is 2.23. The lowest BCUT2D eigenvalue weighted by molar-refractivity contribution is 0.395. The molecule has 0 aliphatic heterocycles. The molecule has 0 saturated heterocycles. The van der Waals surface area contributed by atoms with Crippen LogP contribution >= 0.6 is 0 Å². The van der Waals surface area contributed by atoms with Crippen molar-refractivity contribution in [3.63, 3.8) is 0 Å². The summed E-state index contributed by atoms with van der Waals surface area (Å²) >= 11 is 0. The third-order valence-electron chi connectivity index (χ3n) is 3.56. The molecule has 0 aliphatic carbocycles. The Hall–Kier alpha value is -1.06. The van der Waals surface area contributed by atoms with Gasteiger partial charge in [0.2, 0.25) is 0 Å².